The van der Waals surface area contributed by atoms with Gasteiger partial charge in [-0.3, -0.25) is 0 Å². The summed E-state index contributed by atoms with van der Waals surface area (Å²) in [5.41, 5.74) is 1.64. The molecular weight excluding hydrogens is 238 g/mol. The van der Waals surface area contributed by atoms with Gasteiger partial charge in [-0.15, -0.1) is 0 Å². The van der Waals surface area contributed by atoms with Crippen LogP contribution in [-0.4, -0.2) is 10.1 Å². The van der Waals surface area contributed by atoms with Crippen LogP contribution < -0.4 is 4.74 Å². The number of aliphatic hydroxyl groups is 1. The topological polar surface area (TPSA) is 42.4 Å². The van der Waals surface area contributed by atoms with E-state index in [-0.39, 0.29) is 6.61 Å². The van der Waals surface area contributed by atoms with Crippen molar-refractivity contribution < 1.29 is 9.84 Å². The lowest BCUT2D eigenvalue weighted by Crippen LogP contribution is -1.93. The predicted molar refractivity (Wildman–Crippen MR) is 74.2 cm³/mol. The third-order valence-corrected chi connectivity index (χ3v) is 2.91. The number of aliphatic hydroxyl groups excluding tert-OH is 1. The quantitative estimate of drug-likeness (QED) is 0.774. The van der Waals surface area contributed by atoms with E-state index in [0.29, 0.717) is 5.88 Å². The lowest BCUT2D eigenvalue weighted by molar-refractivity contribution is 0.282. The van der Waals surface area contributed by atoms with Gasteiger partial charge in [-0.2, -0.15) is 0 Å². The molecule has 2 aromatic carbocycles. The van der Waals surface area contributed by atoms with Crippen LogP contribution in [0.25, 0.3) is 10.9 Å². The average Bonchev–Trinajstić information content (AvgIpc) is 2.47. The number of nitrogens with zero attached hydrogens (tertiary/aromatic N) is 1. The molecule has 1 aromatic heterocycles. The molecule has 0 amide bonds. The Hall–Kier alpha value is -2.39. The molecule has 0 fully saturated rings. The fourth-order valence-electron chi connectivity index (χ4n) is 2.01. The third kappa shape index (κ3) is 2.41. The van der Waals surface area contributed by atoms with E-state index >= 15 is 0 Å². The molecule has 3 aromatic rings. The number of pyridine rings is 1. The lowest BCUT2D eigenvalue weighted by Gasteiger charge is -2.08. The molecule has 0 atom stereocenters. The van der Waals surface area contributed by atoms with Gasteiger partial charge in [0.15, 0.2) is 0 Å². The summed E-state index contributed by atoms with van der Waals surface area (Å²) in [5, 5.41) is 10.4. The largest absolute Gasteiger partial charge is 0.439 e. The van der Waals surface area contributed by atoms with Crippen molar-refractivity contribution in [2.45, 2.75) is 6.61 Å². The van der Waals surface area contributed by atoms with Crippen LogP contribution >= 0.6 is 0 Å². The number of fused-ring (bicyclic) bond motifs is 1. The van der Waals surface area contributed by atoms with E-state index in [4.69, 9.17) is 4.74 Å². The van der Waals surface area contributed by atoms with E-state index in [1.54, 1.807) is 6.07 Å². The minimum absolute atomic E-state index is 0.0335. The highest BCUT2D eigenvalue weighted by Gasteiger charge is 2.06. The highest BCUT2D eigenvalue weighted by Crippen LogP contribution is 2.25. The van der Waals surface area contributed by atoms with Crippen LogP contribution in [0.2, 0.25) is 0 Å². The summed E-state index contributed by atoms with van der Waals surface area (Å²) >= 11 is 0. The Morgan fingerprint density at radius 1 is 0.947 bits per heavy atom. The van der Waals surface area contributed by atoms with Crippen molar-refractivity contribution in [3.63, 3.8) is 0 Å². The van der Waals surface area contributed by atoms with Gasteiger partial charge in [-0.1, -0.05) is 36.4 Å². The highest BCUT2D eigenvalue weighted by atomic mass is 16.5. The number of hydrogen-bond acceptors (Lipinski definition) is 3. The Kier molecular flexibility index (Phi) is 3.12. The zero-order valence-corrected chi connectivity index (χ0v) is 10.3. The van der Waals surface area contributed by atoms with Crippen LogP contribution in [0.4, 0.5) is 0 Å². The van der Waals surface area contributed by atoms with Crippen LogP contribution in [0, 0.1) is 0 Å². The molecule has 0 bridgehead atoms. The van der Waals surface area contributed by atoms with Gasteiger partial charge >= 0.3 is 0 Å². The van der Waals surface area contributed by atoms with Crippen molar-refractivity contribution in [1.29, 1.82) is 0 Å². The van der Waals surface area contributed by atoms with Gasteiger partial charge in [0.2, 0.25) is 5.88 Å². The Morgan fingerprint density at radius 3 is 2.47 bits per heavy atom. The van der Waals surface area contributed by atoms with E-state index in [1.165, 1.54) is 0 Å². The monoisotopic (exact) mass is 251 g/mol. The molecule has 94 valence electrons. The van der Waals surface area contributed by atoms with Crippen molar-refractivity contribution in [1.82, 2.24) is 4.98 Å². The number of rotatable bonds is 3. The fraction of sp³-hybridized carbons (Fsp3) is 0.0625. The van der Waals surface area contributed by atoms with Gasteiger partial charge in [0.25, 0.3) is 0 Å². The lowest BCUT2D eigenvalue weighted by atomic mass is 10.1. The summed E-state index contributed by atoms with van der Waals surface area (Å²) < 4.78 is 5.71. The normalized spacial score (nSPS) is 10.6. The average molecular weight is 251 g/mol. The molecule has 0 aliphatic carbocycles. The summed E-state index contributed by atoms with van der Waals surface area (Å²) in [6, 6.07) is 19.0. The summed E-state index contributed by atoms with van der Waals surface area (Å²) in [5.74, 6) is 1.23. The molecular formula is C16H13NO2. The first-order valence-corrected chi connectivity index (χ1v) is 6.09. The number of hydrogen-bond donors (Lipinski definition) is 1. The van der Waals surface area contributed by atoms with Crippen molar-refractivity contribution >= 4 is 10.9 Å². The number of aromatic nitrogens is 1. The van der Waals surface area contributed by atoms with Crippen molar-refractivity contribution in [3.05, 3.63) is 66.2 Å². The van der Waals surface area contributed by atoms with Crippen LogP contribution in [0.5, 0.6) is 11.6 Å². The molecule has 1 N–H and O–H groups in total. The Bertz CT molecular complexity index is 695. The van der Waals surface area contributed by atoms with Crippen LogP contribution in [0.15, 0.2) is 60.7 Å². The standard InChI is InChI=1S/C16H13NO2/c18-11-12-10-16(19-13-6-2-1-3-7-13)17-15-9-5-4-8-14(12)15/h1-10,18H,11H2. The fourth-order valence-corrected chi connectivity index (χ4v) is 2.01. The van der Waals surface area contributed by atoms with Gasteiger partial charge in [-0.05, 0) is 23.8 Å². The van der Waals surface area contributed by atoms with Gasteiger partial charge in [-0.25, -0.2) is 4.98 Å². The zero-order chi connectivity index (χ0) is 13.1. The first-order valence-electron chi connectivity index (χ1n) is 6.09. The molecule has 0 radical (unpaired) electrons. The highest BCUT2D eigenvalue weighted by molar-refractivity contribution is 5.82. The molecule has 0 aliphatic heterocycles. The van der Waals surface area contributed by atoms with Gasteiger partial charge in [0.1, 0.15) is 5.75 Å². The first-order chi connectivity index (χ1) is 9.36. The van der Waals surface area contributed by atoms with E-state index in [2.05, 4.69) is 4.98 Å². The Morgan fingerprint density at radius 2 is 1.68 bits per heavy atom. The Labute approximate surface area is 111 Å². The van der Waals surface area contributed by atoms with Crippen LogP contribution in [0.3, 0.4) is 0 Å². The molecule has 0 saturated carbocycles. The molecule has 3 heteroatoms. The number of para-hydroxylation sites is 2. The third-order valence-electron chi connectivity index (χ3n) is 2.91. The van der Waals surface area contributed by atoms with Crippen molar-refractivity contribution in [2.24, 2.45) is 0 Å². The maximum absolute atomic E-state index is 9.44. The van der Waals surface area contributed by atoms with Crippen LogP contribution in [0.1, 0.15) is 5.56 Å². The van der Waals surface area contributed by atoms with Gasteiger partial charge in [0.05, 0.1) is 12.1 Å². The molecule has 0 saturated heterocycles. The number of ether oxygens (including phenoxy) is 1. The first kappa shape index (κ1) is 11.7. The number of benzene rings is 2. The van der Waals surface area contributed by atoms with Gasteiger partial charge < -0.3 is 9.84 Å². The second-order valence-corrected chi connectivity index (χ2v) is 4.21. The summed E-state index contributed by atoms with van der Waals surface area (Å²) in [6.45, 7) is -0.0335. The van der Waals surface area contributed by atoms with Gasteiger partial charge in [0, 0.05) is 11.5 Å². The summed E-state index contributed by atoms with van der Waals surface area (Å²) in [6.07, 6.45) is 0. The minimum Gasteiger partial charge on any atom is -0.439 e. The SMILES string of the molecule is OCc1cc(Oc2ccccc2)nc2ccccc12. The molecule has 3 rings (SSSR count). The zero-order valence-electron chi connectivity index (χ0n) is 10.3. The summed E-state index contributed by atoms with van der Waals surface area (Å²) in [7, 11) is 0. The molecule has 3 nitrogen and oxygen atoms in total. The van der Waals surface area contributed by atoms with E-state index in [1.807, 2.05) is 54.6 Å². The predicted octanol–water partition coefficient (Wildman–Crippen LogP) is 3.52. The van der Waals surface area contributed by atoms with Crippen molar-refractivity contribution in [3.8, 4) is 11.6 Å². The second-order valence-electron chi connectivity index (χ2n) is 4.21. The minimum atomic E-state index is -0.0335. The molecule has 0 aliphatic rings. The smallest absolute Gasteiger partial charge is 0.220 e. The van der Waals surface area contributed by atoms with Crippen molar-refractivity contribution in [2.75, 3.05) is 0 Å². The second kappa shape index (κ2) is 5.08. The molecule has 1 heterocycles. The van der Waals surface area contributed by atoms with E-state index in [0.717, 1.165) is 22.2 Å². The molecule has 0 spiro atoms. The Balaban J connectivity index is 2.05. The molecule has 0 unspecified atom stereocenters. The van der Waals surface area contributed by atoms with E-state index in [9.17, 15) is 5.11 Å². The maximum atomic E-state index is 9.44. The summed E-state index contributed by atoms with van der Waals surface area (Å²) in [4.78, 5) is 4.45. The maximum Gasteiger partial charge on any atom is 0.220 e. The van der Waals surface area contributed by atoms with E-state index < -0.39 is 0 Å². The van der Waals surface area contributed by atoms with Crippen LogP contribution in [-0.2, 0) is 6.61 Å². The molecule has 19 heavy (non-hydrogen) atoms.